The topological polar surface area (TPSA) is 59.0 Å². The summed E-state index contributed by atoms with van der Waals surface area (Å²) in [6, 6.07) is 10.2. The normalized spacial score (nSPS) is 21.6. The van der Waals surface area contributed by atoms with E-state index >= 15 is 0 Å². The smallest absolute Gasteiger partial charge is 0.407 e. The van der Waals surface area contributed by atoms with Crippen LogP contribution in [0.3, 0.4) is 0 Å². The van der Waals surface area contributed by atoms with E-state index in [9.17, 15) is 9.90 Å². The van der Waals surface area contributed by atoms with Gasteiger partial charge in [-0.1, -0.05) is 30.3 Å². The molecule has 0 spiro atoms. The van der Waals surface area contributed by atoms with Gasteiger partial charge < -0.3 is 19.5 Å². The Hall–Kier alpha value is -1.59. The number of methoxy groups -OCH3 is 2. The van der Waals surface area contributed by atoms with E-state index in [1.807, 2.05) is 18.2 Å². The Labute approximate surface area is 138 Å². The van der Waals surface area contributed by atoms with Crippen molar-refractivity contribution >= 4 is 6.09 Å². The minimum atomic E-state index is -0.809. The van der Waals surface area contributed by atoms with Crippen molar-refractivity contribution in [3.8, 4) is 0 Å². The Morgan fingerprint density at radius 3 is 2.61 bits per heavy atom. The van der Waals surface area contributed by atoms with Crippen molar-refractivity contribution in [1.29, 1.82) is 0 Å². The number of rotatable bonds is 7. The van der Waals surface area contributed by atoms with Gasteiger partial charge in [-0.05, 0) is 43.6 Å². The van der Waals surface area contributed by atoms with E-state index in [0.29, 0.717) is 12.5 Å². The Morgan fingerprint density at radius 2 is 2.00 bits per heavy atom. The standard InChI is InChI=1S/C18H27NO4/c1-22-17(23-2)9-8-15-10-11-19(18(20)21)16(13-15)12-14-6-4-3-5-7-14/h3-7,15-17H,8-13H2,1-2H3,(H,20,21). The Morgan fingerprint density at radius 1 is 1.30 bits per heavy atom. The van der Waals surface area contributed by atoms with E-state index in [1.54, 1.807) is 19.1 Å². The third kappa shape index (κ3) is 5.22. The van der Waals surface area contributed by atoms with Gasteiger partial charge in [-0.15, -0.1) is 0 Å². The van der Waals surface area contributed by atoms with Crippen LogP contribution in [-0.4, -0.2) is 49.2 Å². The summed E-state index contributed by atoms with van der Waals surface area (Å²) in [5.74, 6) is 0.520. The average molecular weight is 321 g/mol. The zero-order valence-electron chi connectivity index (χ0n) is 14.0. The summed E-state index contributed by atoms with van der Waals surface area (Å²) in [5, 5.41) is 9.45. The molecule has 5 nitrogen and oxygen atoms in total. The van der Waals surface area contributed by atoms with E-state index in [2.05, 4.69) is 12.1 Å². The van der Waals surface area contributed by atoms with Gasteiger partial charge in [0, 0.05) is 26.8 Å². The van der Waals surface area contributed by atoms with Crippen LogP contribution >= 0.6 is 0 Å². The molecule has 0 aromatic heterocycles. The molecule has 2 unspecified atom stereocenters. The summed E-state index contributed by atoms with van der Waals surface area (Å²) in [6.45, 7) is 0.613. The van der Waals surface area contributed by atoms with Gasteiger partial charge in [-0.3, -0.25) is 0 Å². The zero-order valence-corrected chi connectivity index (χ0v) is 14.0. The molecule has 1 aliphatic rings. The molecule has 1 aromatic carbocycles. The van der Waals surface area contributed by atoms with Crippen LogP contribution in [0.2, 0.25) is 0 Å². The summed E-state index contributed by atoms with van der Waals surface area (Å²) < 4.78 is 10.5. The highest BCUT2D eigenvalue weighted by Gasteiger charge is 2.31. The van der Waals surface area contributed by atoms with Gasteiger partial charge in [0.25, 0.3) is 0 Å². The van der Waals surface area contributed by atoms with Crippen LogP contribution in [0.25, 0.3) is 0 Å². The molecule has 2 rings (SSSR count). The summed E-state index contributed by atoms with van der Waals surface area (Å²) in [6.07, 6.45) is 3.48. The minimum absolute atomic E-state index is 0.0530. The lowest BCUT2D eigenvalue weighted by atomic mass is 9.85. The molecule has 1 fully saturated rings. The summed E-state index contributed by atoms with van der Waals surface area (Å²) in [4.78, 5) is 13.1. The van der Waals surface area contributed by atoms with Crippen LogP contribution < -0.4 is 0 Å². The van der Waals surface area contributed by atoms with E-state index in [-0.39, 0.29) is 12.3 Å². The third-order valence-electron chi connectivity index (χ3n) is 4.72. The second kappa shape index (κ2) is 8.89. The first-order chi connectivity index (χ1) is 11.1. The summed E-state index contributed by atoms with van der Waals surface area (Å²) >= 11 is 0. The molecule has 23 heavy (non-hydrogen) atoms. The largest absolute Gasteiger partial charge is 0.465 e. The maximum absolute atomic E-state index is 11.5. The number of nitrogens with zero attached hydrogens (tertiary/aromatic N) is 1. The fourth-order valence-electron chi connectivity index (χ4n) is 3.43. The van der Waals surface area contributed by atoms with Gasteiger partial charge in [0.15, 0.2) is 6.29 Å². The van der Waals surface area contributed by atoms with Crippen LogP contribution in [-0.2, 0) is 15.9 Å². The number of benzene rings is 1. The van der Waals surface area contributed by atoms with Crippen molar-refractivity contribution in [2.75, 3.05) is 20.8 Å². The number of carbonyl (C=O) groups is 1. The fraction of sp³-hybridized carbons (Fsp3) is 0.611. The van der Waals surface area contributed by atoms with Gasteiger partial charge in [0.1, 0.15) is 0 Å². The van der Waals surface area contributed by atoms with Gasteiger partial charge >= 0.3 is 6.09 Å². The number of carboxylic acid groups (broad SMARTS) is 1. The van der Waals surface area contributed by atoms with Gasteiger partial charge in [0.2, 0.25) is 0 Å². The van der Waals surface area contributed by atoms with E-state index in [0.717, 1.165) is 32.1 Å². The number of piperidine rings is 1. The predicted octanol–water partition coefficient (Wildman–Crippen LogP) is 3.39. The molecule has 0 radical (unpaired) electrons. The quantitative estimate of drug-likeness (QED) is 0.782. The second-order valence-corrected chi connectivity index (χ2v) is 6.19. The molecule has 1 aliphatic heterocycles. The van der Waals surface area contributed by atoms with E-state index in [1.165, 1.54) is 5.56 Å². The first-order valence-electron chi connectivity index (χ1n) is 8.23. The number of hydrogen-bond donors (Lipinski definition) is 1. The monoisotopic (exact) mass is 321 g/mol. The molecule has 0 aliphatic carbocycles. The molecule has 2 atom stereocenters. The molecule has 0 saturated carbocycles. The molecule has 128 valence electrons. The maximum Gasteiger partial charge on any atom is 0.407 e. The second-order valence-electron chi connectivity index (χ2n) is 6.19. The Kier molecular flexibility index (Phi) is 6.86. The number of hydrogen-bond acceptors (Lipinski definition) is 3. The first kappa shape index (κ1) is 17.8. The van der Waals surface area contributed by atoms with Crippen molar-refractivity contribution in [3.63, 3.8) is 0 Å². The fourth-order valence-corrected chi connectivity index (χ4v) is 3.43. The number of ether oxygens (including phenoxy) is 2. The molecule has 1 N–H and O–H groups in total. The molecule has 1 aromatic rings. The molecule has 0 bridgehead atoms. The lowest BCUT2D eigenvalue weighted by Gasteiger charge is -2.38. The summed E-state index contributed by atoms with van der Waals surface area (Å²) in [7, 11) is 3.30. The van der Waals surface area contributed by atoms with Gasteiger partial charge in [-0.2, -0.15) is 0 Å². The zero-order chi connectivity index (χ0) is 16.7. The van der Waals surface area contributed by atoms with Crippen LogP contribution in [0.5, 0.6) is 0 Å². The minimum Gasteiger partial charge on any atom is -0.465 e. The highest BCUT2D eigenvalue weighted by Crippen LogP contribution is 2.29. The predicted molar refractivity (Wildman–Crippen MR) is 88.4 cm³/mol. The average Bonchev–Trinajstić information content (AvgIpc) is 2.56. The van der Waals surface area contributed by atoms with Gasteiger partial charge in [-0.25, -0.2) is 4.79 Å². The lowest BCUT2D eigenvalue weighted by molar-refractivity contribution is -0.109. The Balaban J connectivity index is 1.95. The Bertz CT molecular complexity index is 475. The molecule has 1 heterocycles. The first-order valence-corrected chi connectivity index (χ1v) is 8.23. The van der Waals surface area contributed by atoms with Crippen molar-refractivity contribution in [3.05, 3.63) is 35.9 Å². The SMILES string of the molecule is COC(CCC1CCN(C(=O)O)C(Cc2ccccc2)C1)OC. The van der Waals surface area contributed by atoms with Crippen molar-refractivity contribution in [2.24, 2.45) is 5.92 Å². The van der Waals surface area contributed by atoms with Crippen molar-refractivity contribution in [2.45, 2.75) is 44.4 Å². The van der Waals surface area contributed by atoms with Crippen LogP contribution in [0.4, 0.5) is 4.79 Å². The van der Waals surface area contributed by atoms with Crippen LogP contribution in [0.15, 0.2) is 30.3 Å². The lowest BCUT2D eigenvalue weighted by Crippen LogP contribution is -2.46. The van der Waals surface area contributed by atoms with E-state index < -0.39 is 6.09 Å². The molecule has 1 saturated heterocycles. The van der Waals surface area contributed by atoms with Crippen molar-refractivity contribution in [1.82, 2.24) is 4.90 Å². The highest BCUT2D eigenvalue weighted by molar-refractivity contribution is 5.65. The highest BCUT2D eigenvalue weighted by atomic mass is 16.7. The van der Waals surface area contributed by atoms with E-state index in [4.69, 9.17) is 9.47 Å². The molecular formula is C18H27NO4. The third-order valence-corrected chi connectivity index (χ3v) is 4.72. The molecule has 5 heteroatoms. The molecule has 1 amide bonds. The van der Waals surface area contributed by atoms with Crippen molar-refractivity contribution < 1.29 is 19.4 Å². The van der Waals surface area contributed by atoms with Crippen LogP contribution in [0.1, 0.15) is 31.2 Å². The summed E-state index contributed by atoms with van der Waals surface area (Å²) in [5.41, 5.74) is 1.19. The van der Waals surface area contributed by atoms with Crippen LogP contribution in [0, 0.1) is 5.92 Å². The molecular weight excluding hydrogens is 294 g/mol. The number of likely N-dealkylation sites (tertiary alicyclic amines) is 1. The number of amides is 1. The van der Waals surface area contributed by atoms with Gasteiger partial charge in [0.05, 0.1) is 0 Å². The maximum atomic E-state index is 11.5.